The van der Waals surface area contributed by atoms with Gasteiger partial charge in [0.05, 0.1) is 29.5 Å². The molecule has 8 heteroatoms. The lowest BCUT2D eigenvalue weighted by atomic mass is 9.95. The summed E-state index contributed by atoms with van der Waals surface area (Å²) in [6.45, 7) is 5.56. The van der Waals surface area contributed by atoms with Gasteiger partial charge in [-0.15, -0.1) is 0 Å². The van der Waals surface area contributed by atoms with Gasteiger partial charge in [0.1, 0.15) is 23.3 Å². The van der Waals surface area contributed by atoms with Gasteiger partial charge < -0.3 is 13.9 Å². The third kappa shape index (κ3) is 3.74. The maximum Gasteiger partial charge on any atom is 0.338 e. The maximum absolute atomic E-state index is 13.5. The topological polar surface area (TPSA) is 83.0 Å². The van der Waals surface area contributed by atoms with Crippen LogP contribution >= 0.6 is 11.3 Å². The van der Waals surface area contributed by atoms with E-state index in [0.717, 1.165) is 5.76 Å². The summed E-state index contributed by atoms with van der Waals surface area (Å²) in [5.74, 6) is 1.40. The Bertz CT molecular complexity index is 1360. The number of allylic oxidation sites excluding steroid dienone is 1. The van der Waals surface area contributed by atoms with Crippen LogP contribution in [-0.2, 0) is 9.53 Å². The molecule has 0 radical (unpaired) electrons. The lowest BCUT2D eigenvalue weighted by Crippen LogP contribution is -2.40. The standard InChI is InChI=1S/C23H22N2O5S/c1-5-29-22(27)19-14(3)24-23-25(20(19)16-8-6-7-9-17(16)28-4)21(26)18(31-23)12-15-11-10-13(2)30-15/h6-12,20H,5H2,1-4H3/b18-12+. The van der Waals surface area contributed by atoms with E-state index in [4.69, 9.17) is 13.9 Å². The van der Waals surface area contributed by atoms with Gasteiger partial charge >= 0.3 is 5.97 Å². The molecule has 1 aromatic carbocycles. The molecule has 4 rings (SSSR count). The minimum atomic E-state index is -0.716. The van der Waals surface area contributed by atoms with E-state index in [1.807, 2.05) is 31.2 Å². The molecule has 0 spiro atoms. The zero-order valence-corrected chi connectivity index (χ0v) is 18.5. The molecule has 0 aliphatic carbocycles. The summed E-state index contributed by atoms with van der Waals surface area (Å²) in [4.78, 5) is 31.4. The molecular weight excluding hydrogens is 416 g/mol. The number of nitrogens with zero attached hydrogens (tertiary/aromatic N) is 2. The third-order valence-electron chi connectivity index (χ3n) is 4.99. The van der Waals surface area contributed by atoms with Crippen LogP contribution in [0, 0.1) is 6.92 Å². The monoisotopic (exact) mass is 438 g/mol. The number of benzene rings is 1. The van der Waals surface area contributed by atoms with Crippen LogP contribution in [0.5, 0.6) is 5.75 Å². The molecule has 3 heterocycles. The second kappa shape index (κ2) is 8.39. The number of methoxy groups -OCH3 is 1. The van der Waals surface area contributed by atoms with E-state index in [9.17, 15) is 9.59 Å². The van der Waals surface area contributed by atoms with Gasteiger partial charge in [0, 0.05) is 11.6 Å². The van der Waals surface area contributed by atoms with E-state index in [-0.39, 0.29) is 12.2 Å². The van der Waals surface area contributed by atoms with Gasteiger partial charge in [-0.2, -0.15) is 0 Å². The van der Waals surface area contributed by atoms with Crippen LogP contribution in [0.25, 0.3) is 6.08 Å². The number of furan rings is 1. The van der Waals surface area contributed by atoms with Crippen molar-refractivity contribution in [3.05, 3.63) is 84.4 Å². The first kappa shape index (κ1) is 20.9. The molecule has 0 N–H and O–H groups in total. The van der Waals surface area contributed by atoms with Gasteiger partial charge in [-0.3, -0.25) is 9.36 Å². The lowest BCUT2D eigenvalue weighted by Gasteiger charge is -2.25. The fraction of sp³-hybridized carbons (Fsp3) is 0.261. The summed E-state index contributed by atoms with van der Waals surface area (Å²) in [5.41, 5.74) is 1.25. The molecule has 1 aliphatic rings. The first-order chi connectivity index (χ1) is 14.9. The van der Waals surface area contributed by atoms with Gasteiger partial charge in [0.2, 0.25) is 0 Å². The van der Waals surface area contributed by atoms with Crippen LogP contribution in [-0.4, -0.2) is 24.3 Å². The van der Waals surface area contributed by atoms with Crippen LogP contribution in [0.15, 0.2) is 61.9 Å². The summed E-state index contributed by atoms with van der Waals surface area (Å²) in [6.07, 6.45) is 1.69. The molecule has 0 amide bonds. The molecular formula is C23H22N2O5S. The number of fused-ring (bicyclic) bond motifs is 1. The molecule has 1 unspecified atom stereocenters. The SMILES string of the molecule is CCOC(=O)C1=C(C)N=c2s/c(=C/c3ccc(C)o3)c(=O)n2C1c1ccccc1OC. The number of hydrogen-bond acceptors (Lipinski definition) is 7. The Kier molecular flexibility index (Phi) is 5.65. The lowest BCUT2D eigenvalue weighted by molar-refractivity contribution is -0.139. The van der Waals surface area contributed by atoms with Crippen molar-refractivity contribution in [2.24, 2.45) is 4.99 Å². The Labute approximate surface area is 182 Å². The molecule has 1 aliphatic heterocycles. The summed E-state index contributed by atoms with van der Waals surface area (Å²) in [6, 6.07) is 10.3. The van der Waals surface area contributed by atoms with Crippen molar-refractivity contribution in [1.29, 1.82) is 0 Å². The second-order valence-corrected chi connectivity index (χ2v) is 8.00. The minimum absolute atomic E-state index is 0.219. The number of rotatable bonds is 5. The highest BCUT2D eigenvalue weighted by Gasteiger charge is 2.34. The highest BCUT2D eigenvalue weighted by atomic mass is 32.1. The van der Waals surface area contributed by atoms with E-state index in [1.165, 1.54) is 15.9 Å². The highest BCUT2D eigenvalue weighted by molar-refractivity contribution is 7.07. The fourth-order valence-electron chi connectivity index (χ4n) is 3.64. The number of carbonyl (C=O) groups is 1. The van der Waals surface area contributed by atoms with Crippen LogP contribution in [0.3, 0.4) is 0 Å². The Balaban J connectivity index is 2.00. The summed E-state index contributed by atoms with van der Waals surface area (Å²) >= 11 is 1.25. The molecule has 160 valence electrons. The van der Waals surface area contributed by atoms with E-state index in [1.54, 1.807) is 39.2 Å². The van der Waals surface area contributed by atoms with Crippen molar-refractivity contribution in [2.75, 3.05) is 13.7 Å². The summed E-state index contributed by atoms with van der Waals surface area (Å²) in [7, 11) is 1.56. The van der Waals surface area contributed by atoms with E-state index in [0.29, 0.717) is 37.7 Å². The molecule has 1 atom stereocenters. The van der Waals surface area contributed by atoms with Gasteiger partial charge in [-0.1, -0.05) is 29.5 Å². The number of hydrogen-bond donors (Lipinski definition) is 0. The predicted octanol–water partition coefficient (Wildman–Crippen LogP) is 2.71. The van der Waals surface area contributed by atoms with Crippen LogP contribution in [0.1, 0.15) is 37.0 Å². The fourth-order valence-corrected chi connectivity index (χ4v) is 4.66. The van der Waals surface area contributed by atoms with Gasteiger partial charge in [0.15, 0.2) is 4.80 Å². The van der Waals surface area contributed by atoms with Crippen molar-refractivity contribution in [3.63, 3.8) is 0 Å². The molecule has 0 fully saturated rings. The van der Waals surface area contributed by atoms with Gasteiger partial charge in [0.25, 0.3) is 5.56 Å². The predicted molar refractivity (Wildman–Crippen MR) is 117 cm³/mol. The zero-order chi connectivity index (χ0) is 22.1. The van der Waals surface area contributed by atoms with Gasteiger partial charge in [-0.05, 0) is 39.0 Å². The van der Waals surface area contributed by atoms with Crippen molar-refractivity contribution >= 4 is 23.4 Å². The second-order valence-electron chi connectivity index (χ2n) is 6.99. The first-order valence-electron chi connectivity index (χ1n) is 9.83. The van der Waals surface area contributed by atoms with Crippen molar-refractivity contribution in [1.82, 2.24) is 4.57 Å². The maximum atomic E-state index is 13.5. The molecule has 3 aromatic rings. The summed E-state index contributed by atoms with van der Waals surface area (Å²) in [5, 5.41) is 0. The van der Waals surface area contributed by atoms with E-state index in [2.05, 4.69) is 4.99 Å². The number of carbonyl (C=O) groups excluding carboxylic acids is 1. The highest BCUT2D eigenvalue weighted by Crippen LogP contribution is 2.35. The third-order valence-corrected chi connectivity index (χ3v) is 5.97. The summed E-state index contributed by atoms with van der Waals surface area (Å²) < 4.78 is 18.4. The van der Waals surface area contributed by atoms with Crippen molar-refractivity contribution in [3.8, 4) is 5.75 Å². The Morgan fingerprint density at radius 1 is 1.26 bits per heavy atom. The smallest absolute Gasteiger partial charge is 0.338 e. The van der Waals surface area contributed by atoms with E-state index < -0.39 is 12.0 Å². The number of aromatic nitrogens is 1. The molecule has 31 heavy (non-hydrogen) atoms. The Morgan fingerprint density at radius 2 is 2.03 bits per heavy atom. The van der Waals surface area contributed by atoms with Crippen LogP contribution in [0.4, 0.5) is 0 Å². The molecule has 7 nitrogen and oxygen atoms in total. The number of para-hydroxylation sites is 1. The Morgan fingerprint density at radius 3 is 2.71 bits per heavy atom. The van der Waals surface area contributed by atoms with Gasteiger partial charge in [-0.25, -0.2) is 9.79 Å². The Hall–Kier alpha value is -3.39. The van der Waals surface area contributed by atoms with Crippen molar-refractivity contribution < 1.29 is 18.7 Å². The number of ether oxygens (including phenoxy) is 2. The van der Waals surface area contributed by atoms with Crippen LogP contribution < -0.4 is 19.6 Å². The minimum Gasteiger partial charge on any atom is -0.496 e. The first-order valence-corrected chi connectivity index (χ1v) is 10.6. The quantitative estimate of drug-likeness (QED) is 0.572. The molecule has 0 bridgehead atoms. The number of thiazole rings is 1. The largest absolute Gasteiger partial charge is 0.496 e. The molecule has 0 saturated carbocycles. The van der Waals surface area contributed by atoms with Crippen molar-refractivity contribution in [2.45, 2.75) is 26.8 Å². The van der Waals surface area contributed by atoms with Crippen LogP contribution in [0.2, 0.25) is 0 Å². The molecule has 0 saturated heterocycles. The van der Waals surface area contributed by atoms with E-state index >= 15 is 0 Å². The average molecular weight is 439 g/mol. The average Bonchev–Trinajstić information content (AvgIpc) is 3.29. The normalized spacial score (nSPS) is 16.1. The molecule has 2 aromatic heterocycles. The number of aryl methyl sites for hydroxylation is 1. The zero-order valence-electron chi connectivity index (χ0n) is 17.7. The number of esters is 1.